The largest absolute Gasteiger partial charge is 0.300 e. The topological polar surface area (TPSA) is 34.9 Å². The highest BCUT2D eigenvalue weighted by Crippen LogP contribution is 2.42. The number of nitrogens with zero attached hydrogens (tertiary/aromatic N) is 2. The molecule has 1 unspecified atom stereocenters. The Labute approximate surface area is 90.5 Å². The lowest BCUT2D eigenvalue weighted by Gasteiger charge is -2.38. The summed E-state index contributed by atoms with van der Waals surface area (Å²) in [5.74, 6) is 0.370. The molecule has 1 aromatic rings. The Kier molecular flexibility index (Phi) is 2.41. The first-order chi connectivity index (χ1) is 7.00. The van der Waals surface area contributed by atoms with Gasteiger partial charge in [0.2, 0.25) is 0 Å². The molecule has 0 saturated heterocycles. The third kappa shape index (κ3) is 1.83. The molecule has 82 valence electrons. The van der Waals surface area contributed by atoms with Crippen LogP contribution in [0.25, 0.3) is 0 Å². The first-order valence-corrected chi connectivity index (χ1v) is 5.52. The van der Waals surface area contributed by atoms with Crippen LogP contribution in [0, 0.1) is 12.3 Å². The predicted octanol–water partition coefficient (Wildman–Crippen LogP) is 2.51. The molecule has 3 nitrogen and oxygen atoms in total. The van der Waals surface area contributed by atoms with Crippen molar-refractivity contribution in [3.05, 3.63) is 18.0 Å². The Bertz CT molecular complexity index is 379. The fraction of sp³-hybridized carbons (Fsp3) is 0.667. The van der Waals surface area contributed by atoms with Crippen LogP contribution < -0.4 is 0 Å². The third-order valence-electron chi connectivity index (χ3n) is 3.53. The fourth-order valence-corrected chi connectivity index (χ4v) is 2.35. The molecule has 1 fully saturated rings. The molecule has 0 bridgehead atoms. The van der Waals surface area contributed by atoms with Crippen molar-refractivity contribution in [1.29, 1.82) is 0 Å². The van der Waals surface area contributed by atoms with Gasteiger partial charge in [0.15, 0.2) is 0 Å². The second-order valence-electron chi connectivity index (χ2n) is 5.16. The van der Waals surface area contributed by atoms with Crippen molar-refractivity contribution < 1.29 is 4.79 Å². The smallest absolute Gasteiger partial charge is 0.135 e. The van der Waals surface area contributed by atoms with E-state index in [0.29, 0.717) is 12.2 Å². The molecule has 3 heteroatoms. The van der Waals surface area contributed by atoms with Crippen LogP contribution in [0.3, 0.4) is 0 Å². The molecular formula is C12H18N2O. The van der Waals surface area contributed by atoms with Gasteiger partial charge in [-0.2, -0.15) is 5.10 Å². The van der Waals surface area contributed by atoms with E-state index in [9.17, 15) is 4.79 Å². The van der Waals surface area contributed by atoms with Crippen molar-refractivity contribution in [3.8, 4) is 0 Å². The minimum absolute atomic E-state index is 0.171. The van der Waals surface area contributed by atoms with Crippen LogP contribution in [0.15, 0.2) is 12.3 Å². The molecule has 1 atom stereocenters. The van der Waals surface area contributed by atoms with Crippen molar-refractivity contribution in [1.82, 2.24) is 9.78 Å². The van der Waals surface area contributed by atoms with Gasteiger partial charge in [-0.25, -0.2) is 0 Å². The zero-order chi connectivity index (χ0) is 11.1. The molecule has 0 radical (unpaired) electrons. The first kappa shape index (κ1) is 10.4. The van der Waals surface area contributed by atoms with Crippen molar-refractivity contribution in [2.75, 3.05) is 0 Å². The maximum absolute atomic E-state index is 11.5. The number of hydrogen-bond acceptors (Lipinski definition) is 2. The average molecular weight is 206 g/mol. The van der Waals surface area contributed by atoms with Crippen molar-refractivity contribution in [2.24, 2.45) is 5.41 Å². The van der Waals surface area contributed by atoms with Gasteiger partial charge >= 0.3 is 0 Å². The molecule has 0 N–H and O–H groups in total. The predicted molar refractivity (Wildman–Crippen MR) is 58.6 cm³/mol. The number of hydrogen-bond donors (Lipinski definition) is 0. The quantitative estimate of drug-likeness (QED) is 0.707. The van der Waals surface area contributed by atoms with Crippen LogP contribution in [-0.4, -0.2) is 15.6 Å². The molecule has 1 aliphatic carbocycles. The van der Waals surface area contributed by atoms with E-state index in [0.717, 1.165) is 18.5 Å². The summed E-state index contributed by atoms with van der Waals surface area (Å²) >= 11 is 0. The van der Waals surface area contributed by atoms with Crippen molar-refractivity contribution in [3.63, 3.8) is 0 Å². The summed E-state index contributed by atoms with van der Waals surface area (Å²) in [4.78, 5) is 11.5. The Morgan fingerprint density at radius 1 is 1.53 bits per heavy atom. The van der Waals surface area contributed by atoms with E-state index in [-0.39, 0.29) is 11.5 Å². The summed E-state index contributed by atoms with van der Waals surface area (Å²) in [7, 11) is 0. The molecule has 2 rings (SSSR count). The zero-order valence-corrected chi connectivity index (χ0v) is 9.66. The molecule has 0 aromatic carbocycles. The van der Waals surface area contributed by atoms with Gasteiger partial charge in [-0.1, -0.05) is 13.8 Å². The molecule has 15 heavy (non-hydrogen) atoms. The van der Waals surface area contributed by atoms with Gasteiger partial charge < -0.3 is 0 Å². The summed E-state index contributed by atoms with van der Waals surface area (Å²) in [6.45, 7) is 6.50. The number of aromatic nitrogens is 2. The van der Waals surface area contributed by atoms with Gasteiger partial charge in [0.25, 0.3) is 0 Å². The first-order valence-electron chi connectivity index (χ1n) is 5.52. The third-order valence-corrected chi connectivity index (χ3v) is 3.53. The van der Waals surface area contributed by atoms with Crippen LogP contribution >= 0.6 is 0 Å². The van der Waals surface area contributed by atoms with E-state index < -0.39 is 0 Å². The lowest BCUT2D eigenvalue weighted by Crippen LogP contribution is -2.35. The molecule has 1 saturated carbocycles. The normalized spacial score (nSPS) is 25.5. The van der Waals surface area contributed by atoms with Gasteiger partial charge in [0.05, 0.1) is 6.04 Å². The maximum atomic E-state index is 11.5. The van der Waals surface area contributed by atoms with Crippen LogP contribution in [-0.2, 0) is 4.79 Å². The van der Waals surface area contributed by atoms with Crippen LogP contribution in [0.5, 0.6) is 0 Å². The van der Waals surface area contributed by atoms with Crippen LogP contribution in [0.4, 0.5) is 0 Å². The van der Waals surface area contributed by atoms with Crippen molar-refractivity contribution in [2.45, 2.75) is 46.1 Å². The van der Waals surface area contributed by atoms with E-state index in [2.05, 4.69) is 18.9 Å². The summed E-state index contributed by atoms with van der Waals surface area (Å²) in [5.41, 5.74) is 1.31. The molecule has 1 aliphatic rings. The van der Waals surface area contributed by atoms with Gasteiger partial charge in [-0.15, -0.1) is 0 Å². The minimum Gasteiger partial charge on any atom is -0.300 e. The van der Waals surface area contributed by atoms with Gasteiger partial charge in [-0.3, -0.25) is 9.48 Å². The highest BCUT2D eigenvalue weighted by atomic mass is 16.1. The second kappa shape index (κ2) is 3.47. The molecular weight excluding hydrogens is 188 g/mol. The van der Waals surface area contributed by atoms with Crippen LogP contribution in [0.1, 0.15) is 44.8 Å². The Morgan fingerprint density at radius 2 is 2.27 bits per heavy atom. The number of Topliss-reactive ketones (excluding diaryl/α,β-unsaturated/α-hetero) is 1. The Balaban J connectivity index is 2.33. The SMILES string of the molecule is Cc1ccnn1C1CC(=O)CCC1(C)C. The van der Waals surface area contributed by atoms with E-state index in [1.165, 1.54) is 0 Å². The minimum atomic E-state index is 0.171. The molecule has 1 aromatic heterocycles. The Morgan fingerprint density at radius 3 is 2.87 bits per heavy atom. The van der Waals surface area contributed by atoms with E-state index >= 15 is 0 Å². The van der Waals surface area contributed by atoms with Gasteiger partial charge in [-0.05, 0) is 24.8 Å². The van der Waals surface area contributed by atoms with Crippen molar-refractivity contribution >= 4 is 5.78 Å². The molecule has 0 aliphatic heterocycles. The standard InChI is InChI=1S/C12H18N2O/c1-9-5-7-13-14(9)11-8-10(15)4-6-12(11,2)3/h5,7,11H,4,6,8H2,1-3H3. The summed E-state index contributed by atoms with van der Waals surface area (Å²) in [6, 6.07) is 2.23. The fourth-order valence-electron chi connectivity index (χ4n) is 2.35. The highest BCUT2D eigenvalue weighted by Gasteiger charge is 2.37. The molecule has 0 amide bonds. The highest BCUT2D eigenvalue weighted by molar-refractivity contribution is 5.79. The van der Waals surface area contributed by atoms with Gasteiger partial charge in [0, 0.05) is 24.7 Å². The maximum Gasteiger partial charge on any atom is 0.135 e. The molecule has 1 heterocycles. The summed E-state index contributed by atoms with van der Waals surface area (Å²) < 4.78 is 2.01. The number of rotatable bonds is 1. The number of carbonyl (C=O) groups is 1. The van der Waals surface area contributed by atoms with E-state index in [4.69, 9.17) is 0 Å². The molecule has 0 spiro atoms. The van der Waals surface area contributed by atoms with E-state index in [1.807, 2.05) is 23.9 Å². The number of carbonyl (C=O) groups excluding carboxylic acids is 1. The zero-order valence-electron chi connectivity index (χ0n) is 9.66. The van der Waals surface area contributed by atoms with Gasteiger partial charge in [0.1, 0.15) is 5.78 Å². The lowest BCUT2D eigenvalue weighted by atomic mass is 9.73. The van der Waals surface area contributed by atoms with E-state index in [1.54, 1.807) is 0 Å². The second-order valence-corrected chi connectivity index (χ2v) is 5.16. The van der Waals surface area contributed by atoms with Crippen LogP contribution in [0.2, 0.25) is 0 Å². The lowest BCUT2D eigenvalue weighted by molar-refractivity contribution is -0.124. The average Bonchev–Trinajstić information content (AvgIpc) is 2.56. The monoisotopic (exact) mass is 206 g/mol. The number of aryl methyl sites for hydroxylation is 1. The Hall–Kier alpha value is -1.12. The number of ketones is 1. The summed E-state index contributed by atoms with van der Waals surface area (Å²) in [5, 5.41) is 4.33. The summed E-state index contributed by atoms with van der Waals surface area (Å²) in [6.07, 6.45) is 4.14.